The number of phenols is 2. The molecule has 27 heteroatoms. The van der Waals surface area contributed by atoms with Gasteiger partial charge in [0.05, 0.1) is 27.0 Å². The number of phenolic OH excluding ortho intramolecular Hbond substituents is 2. The van der Waals surface area contributed by atoms with Crippen molar-refractivity contribution in [2.24, 2.45) is 41.2 Å². The summed E-state index contributed by atoms with van der Waals surface area (Å²) in [5, 5.41) is 44.2. The number of nitrogens with one attached hydrogen (secondary N) is 1. The second-order valence-electron chi connectivity index (χ2n) is 31.6. The molecule has 5 aromatic carbocycles. The molecule has 5 aromatic rings. The molecule has 0 aromatic heterocycles. The van der Waals surface area contributed by atoms with E-state index in [9.17, 15) is 33.9 Å². The second kappa shape index (κ2) is 99.3. The number of allylic oxidation sites excluding steroid dienone is 8. The van der Waals surface area contributed by atoms with E-state index in [0.717, 1.165) is 165 Å². The number of ketones is 2. The van der Waals surface area contributed by atoms with Crippen molar-refractivity contribution in [1.82, 2.24) is 0 Å². The smallest absolute Gasteiger partial charge is 0.693 e. The first-order chi connectivity index (χ1) is 59.6. The monoisotopic (exact) mass is 2000 g/mol. The normalized spacial score (nSPS) is 9.95. The average molecular weight is 2010 g/mol. The van der Waals surface area contributed by atoms with Crippen molar-refractivity contribution in [1.29, 1.82) is 0 Å². The van der Waals surface area contributed by atoms with E-state index in [1.54, 1.807) is 37.4 Å². The number of aliphatic carboxylic acids is 3. The van der Waals surface area contributed by atoms with Gasteiger partial charge in [0, 0.05) is 109 Å². The van der Waals surface area contributed by atoms with Gasteiger partial charge >= 0.3 is 36.8 Å². The maximum absolute atomic E-state index is 12.2. The van der Waals surface area contributed by atoms with Crippen LogP contribution in [0, 0.1) is 87.4 Å². The summed E-state index contributed by atoms with van der Waals surface area (Å²) in [4.78, 5) is 70.3. The molecule has 0 saturated carbocycles. The first kappa shape index (κ1) is 147. The molecule has 0 atom stereocenters. The number of aryl methyl sites for hydroxylation is 6. The molecule has 0 fully saturated rings. The third-order valence-corrected chi connectivity index (χ3v) is 18.1. The number of carbonyl (C=O) groups excluding carboxylic acids is 3. The van der Waals surface area contributed by atoms with E-state index < -0.39 is 27.1 Å². The number of carboxylic acid groups (broad SMARTS) is 3. The Labute approximate surface area is 842 Å². The SMILES string of the molecule is C.C.C.C#CC(C)C.CC(C)/C=C/CCCCC(=O)Cl.CC(C)/C=C/CCCCC(=O)O.CC(C)C#CCCCCC(=O)O.COc1cc(CCC(=O)CCCC/C=C/C(C)C)ccc1O.COc1cc(CCC(=O)CCCC/C=C/C(C)C)ccc1ONc1c(C)cccc1C.COc1cc(CN)ccc1O.Cc1cccc(C)c1N.Cl.O=C(O)CCCCBr.O=S(Cl)Cl.[Li+].[NH2-]. The molecule has 0 aliphatic carbocycles. The summed E-state index contributed by atoms with van der Waals surface area (Å²) in [7, 11) is 12.0. The van der Waals surface area contributed by atoms with E-state index in [0.29, 0.717) is 134 Å². The first-order valence-corrected chi connectivity index (χ1v) is 48.1. The van der Waals surface area contributed by atoms with Crippen molar-refractivity contribution < 1.29 is 96.4 Å². The molecule has 0 spiro atoms. The van der Waals surface area contributed by atoms with Gasteiger partial charge in [-0.25, -0.2) is 9.69 Å². The molecule has 12 N–H and O–H groups in total. The predicted molar refractivity (Wildman–Crippen MR) is 566 cm³/mol. The number of carbonyl (C=O) groups is 6. The van der Waals surface area contributed by atoms with Crippen molar-refractivity contribution >= 4 is 117 Å². The summed E-state index contributed by atoms with van der Waals surface area (Å²) in [6.45, 7) is 33.9. The Morgan fingerprint density at radius 3 is 1.12 bits per heavy atom. The molecule has 0 saturated heterocycles. The molecule has 132 heavy (non-hydrogen) atoms. The molecule has 0 radical (unpaired) electrons. The second-order valence-corrected chi connectivity index (χ2v) is 35.3. The zero-order valence-corrected chi connectivity index (χ0v) is 86.6. The number of methoxy groups -OCH3 is 3. The van der Waals surface area contributed by atoms with E-state index >= 15 is 0 Å². The first-order valence-electron chi connectivity index (χ1n) is 43.8. The van der Waals surface area contributed by atoms with Gasteiger partial charge in [0.15, 0.2) is 34.5 Å². The Kier molecular flexibility index (Phi) is 111. The number of carboxylic acids is 3. The number of ether oxygens (including phenoxy) is 3. The molecule has 20 nitrogen and oxygen atoms in total. The van der Waals surface area contributed by atoms with E-state index in [1.165, 1.54) is 14.2 Å². The van der Waals surface area contributed by atoms with Crippen molar-refractivity contribution in [3.05, 3.63) is 185 Å². The third kappa shape index (κ3) is 99.8. The number of terminal acetylenes is 1. The Bertz CT molecular complexity index is 3930. The number of hydrogen-bond acceptors (Lipinski definition) is 16. The summed E-state index contributed by atoms with van der Waals surface area (Å²) in [6, 6.07) is 28.3. The van der Waals surface area contributed by atoms with Gasteiger partial charge in [0.2, 0.25) is 14.5 Å². The van der Waals surface area contributed by atoms with Crippen molar-refractivity contribution in [3.8, 4) is 58.7 Å². The molecular weight excluding hydrogens is 1830 g/mol. The fraction of sp³-hybridized carbons (Fsp3) is 0.543. The van der Waals surface area contributed by atoms with Gasteiger partial charge in [-0.2, -0.15) is 0 Å². The third-order valence-electron chi connectivity index (χ3n) is 17.3. The van der Waals surface area contributed by atoms with Gasteiger partial charge in [-0.05, 0) is 254 Å². The molecular formula is C105H170BrCl4LiN4O16S. The minimum absolute atomic E-state index is 0. The Morgan fingerprint density at radius 1 is 0.485 bits per heavy atom. The van der Waals surface area contributed by atoms with Crippen molar-refractivity contribution in [2.75, 3.05) is 37.9 Å². The van der Waals surface area contributed by atoms with Crippen LogP contribution in [0.1, 0.15) is 305 Å². The summed E-state index contributed by atoms with van der Waals surface area (Å²) < 4.78 is 24.5. The van der Waals surface area contributed by atoms with E-state index in [2.05, 4.69) is 165 Å². The van der Waals surface area contributed by atoms with Gasteiger partial charge in [0.25, 0.3) is 0 Å². The van der Waals surface area contributed by atoms with Crippen LogP contribution in [0.3, 0.4) is 0 Å². The number of unbranched alkanes of at least 4 members (excludes halogenated alkanes) is 11. The summed E-state index contributed by atoms with van der Waals surface area (Å²) in [5.41, 5.74) is 23.6. The Morgan fingerprint density at radius 2 is 0.803 bits per heavy atom. The van der Waals surface area contributed by atoms with Crippen LogP contribution >= 0.6 is 61.3 Å². The number of aromatic hydroxyl groups is 2. The topological polar surface area (TPSA) is 355 Å². The van der Waals surface area contributed by atoms with Gasteiger partial charge in [-0.15, -0.1) is 36.6 Å². The minimum Gasteiger partial charge on any atom is -0.693 e. The zero-order chi connectivity index (χ0) is 96.6. The van der Waals surface area contributed by atoms with Gasteiger partial charge < -0.3 is 62.2 Å². The van der Waals surface area contributed by atoms with Crippen LogP contribution in [0.25, 0.3) is 6.15 Å². The molecule has 0 amide bonds. The summed E-state index contributed by atoms with van der Waals surface area (Å²) in [6.07, 6.45) is 43.8. The molecule has 0 unspecified atom stereocenters. The summed E-state index contributed by atoms with van der Waals surface area (Å²) in [5.74, 6) is 12.8. The molecule has 0 heterocycles. The molecule has 0 bridgehead atoms. The quantitative estimate of drug-likeness (QED) is 0.00262. The van der Waals surface area contributed by atoms with Gasteiger partial charge in [-0.1, -0.05) is 225 Å². The van der Waals surface area contributed by atoms with Crippen LogP contribution in [0.4, 0.5) is 11.4 Å². The van der Waals surface area contributed by atoms with Gasteiger partial charge in [-0.3, -0.25) is 28.8 Å². The van der Waals surface area contributed by atoms with Crippen LogP contribution in [0.15, 0.2) is 140 Å². The Balaban J connectivity index is -0.000000143. The van der Waals surface area contributed by atoms with E-state index in [1.807, 2.05) is 116 Å². The molecule has 5 rings (SSSR count). The zero-order valence-electron chi connectivity index (χ0n) is 81.1. The predicted octanol–water partition coefficient (Wildman–Crippen LogP) is 27.1. The number of nitrogen functional groups attached to an aromatic ring is 1. The molecule has 0 aliphatic rings. The fourth-order valence-corrected chi connectivity index (χ4v) is 10.8. The van der Waals surface area contributed by atoms with Crippen molar-refractivity contribution in [2.45, 2.75) is 313 Å². The maximum atomic E-state index is 12.2. The number of hydrogen-bond donors (Lipinski definition) is 8. The number of alkyl halides is 1. The maximum Gasteiger partial charge on any atom is 1.00 e. The van der Waals surface area contributed by atoms with Crippen LogP contribution in [0.5, 0.6) is 34.5 Å². The van der Waals surface area contributed by atoms with Crippen LogP contribution < -0.4 is 54.9 Å². The number of anilines is 2. The number of benzene rings is 5. The molecule has 748 valence electrons. The number of nitrogens with two attached hydrogens (primary N) is 3. The van der Waals surface area contributed by atoms with Crippen LogP contribution in [0.2, 0.25) is 0 Å². The number of halogens is 5. The average Bonchev–Trinajstić information content (AvgIpc) is 0.847. The molecule has 0 aliphatic heterocycles. The van der Waals surface area contributed by atoms with E-state index in [4.69, 9.17) is 73.2 Å². The minimum atomic E-state index is -1.67. The van der Waals surface area contributed by atoms with Crippen LogP contribution in [-0.4, -0.2) is 91.1 Å². The number of para-hydroxylation sites is 2. The number of Topliss-reactive ketones (excluding diaryl/α,β-unsaturated/α-hetero) is 2. The largest absolute Gasteiger partial charge is 1.00 e. The van der Waals surface area contributed by atoms with Gasteiger partial charge in [0.1, 0.15) is 11.6 Å². The number of rotatable bonds is 45. The van der Waals surface area contributed by atoms with E-state index in [-0.39, 0.29) is 82.9 Å². The Hall–Kier alpha value is -7.69. The standard InChI is InChI=1S/C27H37NO3.C19H28O3.C10H17ClO.C10H18O2.C10H16O2.C8H11NO2.C8H11N.C5H9BrO2.C5H8.3CH4.Cl2OS.ClH.Li.H2N/c1-20(2)11-8-6-7-9-14-24(29)17-15-23-16-18-25(26(19-23)30-5)31-28-27-21(3)12-10-13-22(27)4;1-15(2)8-6-4-5-7-9-17(20)12-10-16-11-13-18(21)19(14-16)22-3;3*1-9(2)7-5-3-4-6-8-10(11)12;1-11-8-4-6(5-9)2-3-7(8)10;1-6-4-3-5-7(2)8(6)9;6-4-2-1-3-5(7)8;1-4-5(2)3;;;;1-4(2)3;;;/h8,10-13,16,18-20,28H,6-7,9,14-15,17H2,1-5H3;6,8,11,13-15,21H,4-5,7,9-10,12H2,1-3H3;5,7,9H,3-4,6,8H2,1-2H3;5,7,9H,3-4,6,8H2,1-2H3,(H,11,12);9H,3-4,6,8H2,1-2H3,(H,11,12);2-4,10H,5,9H2,1H3;3-5H,9H2,1-2H3;1-4H2,(H,7,8);1,5H,2-3H3;3*1H4;;1H;;1H2/q;;;;;;;;;;;;;;+1;-1/b11-8+;8-6+;2*7-5+;;;;;;;;;;;;. The summed E-state index contributed by atoms with van der Waals surface area (Å²) >= 11 is 8.39. The fourth-order valence-electron chi connectivity index (χ4n) is 10.2. The van der Waals surface area contributed by atoms with Crippen LogP contribution in [-0.2, 0) is 57.4 Å². The van der Waals surface area contributed by atoms with Crippen molar-refractivity contribution in [3.63, 3.8) is 0 Å².